The lowest BCUT2D eigenvalue weighted by molar-refractivity contribution is 0.496. The fraction of sp³-hybridized carbons (Fsp3) is 0. The van der Waals surface area contributed by atoms with E-state index in [4.69, 9.17) is 17.3 Å². The Morgan fingerprint density at radius 3 is 2.29 bits per heavy atom. The molecule has 0 unspecified atom stereocenters. The number of benzene rings is 2. The van der Waals surface area contributed by atoms with E-state index in [-0.39, 0.29) is 16.8 Å². The smallest absolute Gasteiger partial charge is 0.264 e. The van der Waals surface area contributed by atoms with Crippen LogP contribution >= 0.6 is 11.6 Å². The molecule has 112 valence electrons. The minimum absolute atomic E-state index is 0.0929. The van der Waals surface area contributed by atoms with Gasteiger partial charge in [0.1, 0.15) is 10.7 Å². The van der Waals surface area contributed by atoms with E-state index in [1.54, 1.807) is 4.72 Å². The van der Waals surface area contributed by atoms with Crippen molar-refractivity contribution in [2.75, 3.05) is 10.5 Å². The number of rotatable bonds is 3. The summed E-state index contributed by atoms with van der Waals surface area (Å²) in [7, 11) is -4.31. The van der Waals surface area contributed by atoms with Gasteiger partial charge in [0.15, 0.2) is 11.6 Å². The fourth-order valence-corrected chi connectivity index (χ4v) is 2.99. The van der Waals surface area contributed by atoms with Gasteiger partial charge in [0.05, 0.1) is 11.4 Å². The van der Waals surface area contributed by atoms with E-state index in [2.05, 4.69) is 0 Å². The van der Waals surface area contributed by atoms with Crippen LogP contribution in [-0.2, 0) is 10.0 Å². The van der Waals surface area contributed by atoms with Crippen molar-refractivity contribution in [3.8, 4) is 0 Å². The highest BCUT2D eigenvalue weighted by Crippen LogP contribution is 2.26. The zero-order valence-corrected chi connectivity index (χ0v) is 11.8. The summed E-state index contributed by atoms with van der Waals surface area (Å²) in [5, 5.41) is 0.0929. The molecule has 0 saturated carbocycles. The highest BCUT2D eigenvalue weighted by atomic mass is 35.5. The van der Waals surface area contributed by atoms with Crippen molar-refractivity contribution in [3.63, 3.8) is 0 Å². The van der Waals surface area contributed by atoms with Gasteiger partial charge in [-0.3, -0.25) is 4.72 Å². The van der Waals surface area contributed by atoms with Crippen LogP contribution in [0.25, 0.3) is 0 Å². The van der Waals surface area contributed by atoms with Gasteiger partial charge in [-0.25, -0.2) is 21.6 Å². The molecular formula is C12H8ClF3N2O2S. The van der Waals surface area contributed by atoms with Gasteiger partial charge in [0, 0.05) is 17.2 Å². The summed E-state index contributed by atoms with van der Waals surface area (Å²) >= 11 is 5.67. The highest BCUT2D eigenvalue weighted by molar-refractivity contribution is 7.92. The van der Waals surface area contributed by atoms with Crippen LogP contribution in [0.3, 0.4) is 0 Å². The minimum atomic E-state index is -4.31. The number of nitrogens with two attached hydrogens (primary N) is 1. The van der Waals surface area contributed by atoms with Crippen molar-refractivity contribution in [1.29, 1.82) is 0 Å². The maximum atomic E-state index is 13.5. The number of anilines is 2. The number of sulfonamides is 1. The average Bonchev–Trinajstić information content (AvgIpc) is 2.38. The largest absolute Gasteiger partial charge is 0.398 e. The van der Waals surface area contributed by atoms with Crippen molar-refractivity contribution in [2.24, 2.45) is 0 Å². The molecule has 2 aromatic carbocycles. The van der Waals surface area contributed by atoms with Gasteiger partial charge in [0.2, 0.25) is 0 Å². The Morgan fingerprint density at radius 1 is 1.00 bits per heavy atom. The predicted molar refractivity (Wildman–Crippen MR) is 73.0 cm³/mol. The Balaban J connectivity index is 2.47. The van der Waals surface area contributed by atoms with E-state index in [1.165, 1.54) is 12.1 Å². The third-order valence-electron chi connectivity index (χ3n) is 2.52. The van der Waals surface area contributed by atoms with Crippen LogP contribution < -0.4 is 10.5 Å². The molecule has 3 N–H and O–H groups in total. The fourth-order valence-electron chi connectivity index (χ4n) is 1.54. The number of hydrogen-bond donors (Lipinski definition) is 2. The molecule has 0 aliphatic rings. The van der Waals surface area contributed by atoms with Gasteiger partial charge in [0.25, 0.3) is 10.0 Å². The lowest BCUT2D eigenvalue weighted by Gasteiger charge is -2.11. The summed E-state index contributed by atoms with van der Waals surface area (Å²) in [5.74, 6) is -4.09. The first kappa shape index (κ1) is 15.5. The van der Waals surface area contributed by atoms with Gasteiger partial charge in [-0.2, -0.15) is 0 Å². The van der Waals surface area contributed by atoms with Gasteiger partial charge >= 0.3 is 0 Å². The van der Waals surface area contributed by atoms with Crippen LogP contribution in [0.2, 0.25) is 5.02 Å². The van der Waals surface area contributed by atoms with Gasteiger partial charge in [-0.05, 0) is 18.2 Å². The van der Waals surface area contributed by atoms with Crippen molar-refractivity contribution in [1.82, 2.24) is 0 Å². The second kappa shape index (κ2) is 5.45. The first-order chi connectivity index (χ1) is 9.70. The summed E-state index contributed by atoms with van der Waals surface area (Å²) in [4.78, 5) is -0.404. The van der Waals surface area contributed by atoms with E-state index in [1.807, 2.05) is 0 Å². The predicted octanol–water partition coefficient (Wildman–Crippen LogP) is 3.14. The Kier molecular flexibility index (Phi) is 4.02. The van der Waals surface area contributed by atoms with Crippen molar-refractivity contribution in [3.05, 3.63) is 52.8 Å². The second-order valence-electron chi connectivity index (χ2n) is 4.03. The van der Waals surface area contributed by atoms with E-state index in [0.717, 1.165) is 6.07 Å². The van der Waals surface area contributed by atoms with Crippen LogP contribution in [0.1, 0.15) is 0 Å². The van der Waals surface area contributed by atoms with Gasteiger partial charge in [-0.15, -0.1) is 0 Å². The molecule has 2 aromatic rings. The van der Waals surface area contributed by atoms with Crippen molar-refractivity contribution >= 4 is 33.0 Å². The number of nitrogen functional groups attached to an aromatic ring is 1. The third kappa shape index (κ3) is 3.22. The topological polar surface area (TPSA) is 72.2 Å². The molecule has 0 fully saturated rings. The maximum absolute atomic E-state index is 13.5. The first-order valence-electron chi connectivity index (χ1n) is 5.43. The molecule has 4 nitrogen and oxygen atoms in total. The third-order valence-corrected chi connectivity index (χ3v) is 4.18. The van der Waals surface area contributed by atoms with Crippen LogP contribution in [0, 0.1) is 17.5 Å². The molecule has 21 heavy (non-hydrogen) atoms. The lowest BCUT2D eigenvalue weighted by Crippen LogP contribution is -2.16. The molecule has 9 heteroatoms. The van der Waals surface area contributed by atoms with Crippen LogP contribution in [0.5, 0.6) is 0 Å². The molecule has 0 spiro atoms. The second-order valence-corrected chi connectivity index (χ2v) is 6.12. The molecule has 0 aliphatic heterocycles. The van der Waals surface area contributed by atoms with Crippen molar-refractivity contribution in [2.45, 2.75) is 4.90 Å². The molecule has 0 amide bonds. The Morgan fingerprint density at radius 2 is 1.62 bits per heavy atom. The van der Waals surface area contributed by atoms with E-state index < -0.39 is 38.1 Å². The minimum Gasteiger partial charge on any atom is -0.398 e. The van der Waals surface area contributed by atoms with Crippen LogP contribution in [-0.4, -0.2) is 8.42 Å². The first-order valence-corrected chi connectivity index (χ1v) is 7.29. The van der Waals surface area contributed by atoms with Gasteiger partial charge in [-0.1, -0.05) is 11.6 Å². The monoisotopic (exact) mass is 336 g/mol. The lowest BCUT2D eigenvalue weighted by atomic mass is 10.3. The number of hydrogen-bond acceptors (Lipinski definition) is 3. The molecule has 0 saturated heterocycles. The SMILES string of the molecule is Nc1ccc(Cl)cc1S(=O)(=O)Nc1cc(F)c(F)cc1F. The normalized spacial score (nSPS) is 11.4. The van der Waals surface area contributed by atoms with Crippen LogP contribution in [0.4, 0.5) is 24.5 Å². The van der Waals surface area contributed by atoms with Crippen LogP contribution in [0.15, 0.2) is 35.2 Å². The van der Waals surface area contributed by atoms with E-state index in [9.17, 15) is 21.6 Å². The molecule has 0 bridgehead atoms. The summed E-state index contributed by atoms with van der Waals surface area (Å²) in [6.07, 6.45) is 0. The molecule has 0 atom stereocenters. The molecule has 0 aliphatic carbocycles. The maximum Gasteiger partial charge on any atom is 0.264 e. The van der Waals surface area contributed by atoms with Gasteiger partial charge < -0.3 is 5.73 Å². The Hall–Kier alpha value is -1.93. The highest BCUT2D eigenvalue weighted by Gasteiger charge is 2.21. The zero-order valence-electron chi connectivity index (χ0n) is 10.2. The summed E-state index contributed by atoms with van der Waals surface area (Å²) in [5.41, 5.74) is 4.64. The number of nitrogens with one attached hydrogen (secondary N) is 1. The molecule has 0 radical (unpaired) electrons. The number of halogens is 4. The Bertz CT molecular complexity index is 812. The molecular weight excluding hydrogens is 329 g/mol. The van der Waals surface area contributed by atoms with E-state index in [0.29, 0.717) is 6.07 Å². The molecule has 2 rings (SSSR count). The Labute approximate surface area is 123 Å². The quantitative estimate of drug-likeness (QED) is 0.668. The summed E-state index contributed by atoms with van der Waals surface area (Å²) in [6.45, 7) is 0. The summed E-state index contributed by atoms with van der Waals surface area (Å²) in [6, 6.07) is 4.29. The zero-order chi connectivity index (χ0) is 15.8. The molecule has 0 aromatic heterocycles. The van der Waals surface area contributed by atoms with Crippen molar-refractivity contribution < 1.29 is 21.6 Å². The molecule has 0 heterocycles. The standard InChI is InChI=1S/C12H8ClF3N2O2S/c13-6-1-2-10(17)12(3-6)21(19,20)18-11-5-8(15)7(14)4-9(11)16/h1-5,18H,17H2. The average molecular weight is 337 g/mol. The van der Waals surface area contributed by atoms with E-state index >= 15 is 0 Å². The summed E-state index contributed by atoms with van der Waals surface area (Å²) < 4.78 is 65.3.